The van der Waals surface area contributed by atoms with Crippen molar-refractivity contribution in [2.24, 2.45) is 11.7 Å². The van der Waals surface area contributed by atoms with Gasteiger partial charge in [-0.25, -0.2) is 0 Å². The third-order valence-corrected chi connectivity index (χ3v) is 5.95. The molecule has 25 heavy (non-hydrogen) atoms. The van der Waals surface area contributed by atoms with E-state index in [1.165, 1.54) is 19.3 Å². The van der Waals surface area contributed by atoms with Gasteiger partial charge >= 0.3 is 0 Å². The van der Waals surface area contributed by atoms with Crippen LogP contribution in [0.5, 0.6) is 5.75 Å². The Kier molecular flexibility index (Phi) is 3.82. The van der Waals surface area contributed by atoms with Crippen LogP contribution in [0.25, 0.3) is 11.3 Å². The van der Waals surface area contributed by atoms with Crippen molar-refractivity contribution in [2.45, 2.75) is 58.1 Å². The SMILES string of the molecule is CCn1c(C(N)=O)cc2c1-c1ccncc1O[C@@]2(C)C1CCCCC1. The lowest BCUT2D eigenvalue weighted by Gasteiger charge is -2.43. The van der Waals surface area contributed by atoms with E-state index in [0.717, 1.165) is 35.4 Å². The van der Waals surface area contributed by atoms with Gasteiger partial charge in [0, 0.05) is 29.8 Å². The minimum Gasteiger partial charge on any atom is -0.480 e. The molecular weight excluding hydrogens is 314 g/mol. The van der Waals surface area contributed by atoms with Crippen LogP contribution in [-0.4, -0.2) is 15.5 Å². The number of hydrogen-bond donors (Lipinski definition) is 1. The van der Waals surface area contributed by atoms with Crippen LogP contribution in [-0.2, 0) is 12.1 Å². The van der Waals surface area contributed by atoms with Gasteiger partial charge in [0.2, 0.25) is 0 Å². The van der Waals surface area contributed by atoms with Gasteiger partial charge in [-0.3, -0.25) is 9.78 Å². The highest BCUT2D eigenvalue weighted by Crippen LogP contribution is 2.52. The molecule has 3 heterocycles. The van der Waals surface area contributed by atoms with Gasteiger partial charge in [0.15, 0.2) is 0 Å². The second kappa shape index (κ2) is 5.90. The maximum atomic E-state index is 12.0. The van der Waals surface area contributed by atoms with E-state index in [4.69, 9.17) is 10.5 Å². The van der Waals surface area contributed by atoms with Crippen LogP contribution in [0.4, 0.5) is 0 Å². The highest BCUT2D eigenvalue weighted by Gasteiger charge is 2.46. The molecule has 2 aromatic heterocycles. The van der Waals surface area contributed by atoms with Crippen molar-refractivity contribution < 1.29 is 9.53 Å². The van der Waals surface area contributed by atoms with Gasteiger partial charge in [0.05, 0.1) is 11.9 Å². The zero-order valence-corrected chi connectivity index (χ0v) is 14.9. The molecule has 2 aromatic rings. The first kappa shape index (κ1) is 16.2. The molecule has 1 amide bonds. The third kappa shape index (κ3) is 2.36. The van der Waals surface area contributed by atoms with Crippen molar-refractivity contribution in [2.75, 3.05) is 0 Å². The van der Waals surface area contributed by atoms with Crippen molar-refractivity contribution in [1.29, 1.82) is 0 Å². The van der Waals surface area contributed by atoms with Crippen molar-refractivity contribution in [3.05, 3.63) is 35.8 Å². The summed E-state index contributed by atoms with van der Waals surface area (Å²) in [6, 6.07) is 3.92. The molecule has 1 aliphatic heterocycles. The Morgan fingerprint density at radius 1 is 1.40 bits per heavy atom. The number of amides is 1. The molecule has 4 rings (SSSR count). The molecule has 0 radical (unpaired) electrons. The third-order valence-electron chi connectivity index (χ3n) is 5.95. The fourth-order valence-corrected chi connectivity index (χ4v) is 4.65. The van der Waals surface area contributed by atoms with E-state index < -0.39 is 11.5 Å². The molecule has 0 unspecified atom stereocenters. The van der Waals surface area contributed by atoms with E-state index >= 15 is 0 Å². The maximum absolute atomic E-state index is 12.0. The molecule has 1 aliphatic carbocycles. The number of primary amides is 1. The number of fused-ring (bicyclic) bond motifs is 3. The van der Waals surface area contributed by atoms with E-state index in [1.54, 1.807) is 12.4 Å². The number of aromatic nitrogens is 2. The smallest absolute Gasteiger partial charge is 0.265 e. The number of pyridine rings is 1. The molecule has 1 atom stereocenters. The zero-order valence-electron chi connectivity index (χ0n) is 14.9. The summed E-state index contributed by atoms with van der Waals surface area (Å²) in [6.45, 7) is 4.90. The van der Waals surface area contributed by atoms with Crippen LogP contribution in [0.1, 0.15) is 62.0 Å². The van der Waals surface area contributed by atoms with Crippen LogP contribution >= 0.6 is 0 Å². The monoisotopic (exact) mass is 339 g/mol. The molecule has 0 spiro atoms. The standard InChI is InChI=1S/C20H25N3O2/c1-3-23-16(19(21)24)11-15-18(23)14-9-10-22-12-17(14)25-20(15,2)13-7-5-4-6-8-13/h9-13H,3-8H2,1-2H3,(H2,21,24)/t20-/m0/s1. The van der Waals surface area contributed by atoms with Crippen LogP contribution in [0.3, 0.4) is 0 Å². The summed E-state index contributed by atoms with van der Waals surface area (Å²) in [5, 5.41) is 0. The normalized spacial score (nSPS) is 22.8. The molecule has 1 fully saturated rings. The molecule has 2 N–H and O–H groups in total. The summed E-state index contributed by atoms with van der Waals surface area (Å²) < 4.78 is 8.58. The van der Waals surface area contributed by atoms with E-state index in [0.29, 0.717) is 18.2 Å². The van der Waals surface area contributed by atoms with E-state index in [9.17, 15) is 4.79 Å². The van der Waals surface area contributed by atoms with Crippen LogP contribution in [0, 0.1) is 5.92 Å². The highest BCUT2D eigenvalue weighted by molar-refractivity contribution is 5.94. The first-order valence-corrected chi connectivity index (χ1v) is 9.23. The molecule has 5 nitrogen and oxygen atoms in total. The number of nitrogens with two attached hydrogens (primary N) is 1. The largest absolute Gasteiger partial charge is 0.480 e. The second-order valence-electron chi connectivity index (χ2n) is 7.32. The fraction of sp³-hybridized carbons (Fsp3) is 0.500. The molecular formula is C20H25N3O2. The Hall–Kier alpha value is -2.30. The lowest BCUT2D eigenvalue weighted by atomic mass is 9.72. The minimum atomic E-state index is -0.448. The molecule has 2 aliphatic rings. The van der Waals surface area contributed by atoms with Crippen molar-refractivity contribution in [3.63, 3.8) is 0 Å². The summed E-state index contributed by atoms with van der Waals surface area (Å²) in [4.78, 5) is 16.3. The fourth-order valence-electron chi connectivity index (χ4n) is 4.65. The second-order valence-corrected chi connectivity index (χ2v) is 7.32. The Morgan fingerprint density at radius 3 is 2.84 bits per heavy atom. The lowest BCUT2D eigenvalue weighted by molar-refractivity contribution is 0.00120. The number of ether oxygens (including phenoxy) is 1. The van der Waals surface area contributed by atoms with Gasteiger partial charge in [0.1, 0.15) is 17.0 Å². The predicted octanol–water partition coefficient (Wildman–Crippen LogP) is 3.86. The number of nitrogens with zero attached hydrogens (tertiary/aromatic N) is 2. The van der Waals surface area contributed by atoms with E-state index in [2.05, 4.69) is 11.9 Å². The Labute approximate surface area is 148 Å². The zero-order chi connectivity index (χ0) is 17.6. The van der Waals surface area contributed by atoms with Gasteiger partial charge in [-0.05, 0) is 38.8 Å². The first-order chi connectivity index (χ1) is 12.1. The average Bonchev–Trinajstić information content (AvgIpc) is 3.04. The van der Waals surface area contributed by atoms with E-state index in [-0.39, 0.29) is 0 Å². The Bertz CT molecular complexity index is 820. The van der Waals surface area contributed by atoms with Gasteiger partial charge in [-0.15, -0.1) is 0 Å². The number of hydrogen-bond acceptors (Lipinski definition) is 3. The molecule has 0 saturated heterocycles. The van der Waals surface area contributed by atoms with Gasteiger partial charge < -0.3 is 15.0 Å². The van der Waals surface area contributed by atoms with Crippen molar-refractivity contribution in [1.82, 2.24) is 9.55 Å². The van der Waals surface area contributed by atoms with Crippen LogP contribution < -0.4 is 10.5 Å². The summed E-state index contributed by atoms with van der Waals surface area (Å²) in [5.41, 5.74) is 8.93. The Morgan fingerprint density at radius 2 is 2.16 bits per heavy atom. The Balaban J connectivity index is 1.96. The summed E-state index contributed by atoms with van der Waals surface area (Å²) in [6.07, 6.45) is 9.61. The van der Waals surface area contributed by atoms with Crippen molar-refractivity contribution in [3.8, 4) is 17.0 Å². The van der Waals surface area contributed by atoms with E-state index in [1.807, 2.05) is 23.6 Å². The molecule has 132 valence electrons. The van der Waals surface area contributed by atoms with Crippen molar-refractivity contribution >= 4 is 5.91 Å². The number of carbonyl (C=O) groups excluding carboxylic acids is 1. The quantitative estimate of drug-likeness (QED) is 0.923. The number of rotatable bonds is 3. The van der Waals surface area contributed by atoms with Crippen LogP contribution in [0.2, 0.25) is 0 Å². The summed E-state index contributed by atoms with van der Waals surface area (Å²) in [5.74, 6) is 0.839. The predicted molar refractivity (Wildman–Crippen MR) is 96.4 cm³/mol. The maximum Gasteiger partial charge on any atom is 0.265 e. The minimum absolute atomic E-state index is 0.391. The summed E-state index contributed by atoms with van der Waals surface area (Å²) in [7, 11) is 0. The first-order valence-electron chi connectivity index (χ1n) is 9.23. The van der Waals surface area contributed by atoms with Crippen LogP contribution in [0.15, 0.2) is 24.5 Å². The van der Waals surface area contributed by atoms with Gasteiger partial charge in [0.25, 0.3) is 5.91 Å². The van der Waals surface area contributed by atoms with Gasteiger partial charge in [-0.2, -0.15) is 0 Å². The number of carbonyl (C=O) groups is 1. The molecule has 5 heteroatoms. The van der Waals surface area contributed by atoms with Gasteiger partial charge in [-0.1, -0.05) is 19.3 Å². The lowest BCUT2D eigenvalue weighted by Crippen LogP contribution is -2.41. The molecule has 1 saturated carbocycles. The average molecular weight is 339 g/mol. The highest BCUT2D eigenvalue weighted by atomic mass is 16.5. The topological polar surface area (TPSA) is 70.1 Å². The molecule has 0 bridgehead atoms. The molecule has 0 aromatic carbocycles. The summed E-state index contributed by atoms with van der Waals surface area (Å²) >= 11 is 0.